The van der Waals surface area contributed by atoms with E-state index in [-0.39, 0.29) is 0 Å². The highest BCUT2D eigenvalue weighted by Crippen LogP contribution is 1.87. The van der Waals surface area contributed by atoms with E-state index in [9.17, 15) is 9.90 Å². The van der Waals surface area contributed by atoms with Crippen LogP contribution in [-0.4, -0.2) is 19.4 Å². The Hall–Kier alpha value is -0.770. The number of amides is 1. The van der Waals surface area contributed by atoms with Crippen molar-refractivity contribution >= 4 is 6.09 Å². The van der Waals surface area contributed by atoms with Crippen LogP contribution in [0.3, 0.4) is 0 Å². The van der Waals surface area contributed by atoms with Crippen molar-refractivity contribution in [1.82, 2.24) is 5.32 Å². The first-order chi connectivity index (χ1) is 4.81. The van der Waals surface area contributed by atoms with Crippen LogP contribution in [0.15, 0.2) is 0 Å². The molecule has 0 fully saturated rings. The molecule has 0 aliphatic carbocycles. The monoisotopic (exact) mass is 146 g/mol. The quantitative estimate of drug-likeness (QED) is 0.473. The Morgan fingerprint density at radius 3 is 2.80 bits per heavy atom. The second-order valence-corrected chi connectivity index (χ2v) is 1.81. The van der Waals surface area contributed by atoms with Crippen molar-refractivity contribution in [2.75, 3.05) is 13.3 Å². The first kappa shape index (κ1) is 9.23. The lowest BCUT2D eigenvalue weighted by atomic mass is 10.4. The molecular weight excluding hydrogens is 134 g/mol. The van der Waals surface area contributed by atoms with E-state index < -0.39 is 12.8 Å². The zero-order valence-corrected chi connectivity index (χ0v) is 6.05. The zero-order chi connectivity index (χ0) is 7.82. The zero-order valence-electron chi connectivity index (χ0n) is 6.05. The molecule has 0 aromatic carbocycles. The normalized spacial score (nSPS) is 9.00. The fourth-order valence-corrected chi connectivity index (χ4v) is 0.419. The molecule has 0 aliphatic heterocycles. The van der Waals surface area contributed by atoms with E-state index in [4.69, 9.17) is 0 Å². The van der Waals surface area contributed by atoms with Gasteiger partial charge in [-0.05, 0) is 6.42 Å². The van der Waals surface area contributed by atoms with Gasteiger partial charge in [0.2, 0.25) is 0 Å². The van der Waals surface area contributed by atoms with Crippen LogP contribution in [0.4, 0.5) is 4.79 Å². The highest BCUT2D eigenvalue weighted by atomic mass is 16.5. The maximum Gasteiger partial charge on any atom is 0.409 e. The van der Waals surface area contributed by atoms with Gasteiger partial charge in [-0.3, -0.25) is 5.32 Å². The molecule has 0 rings (SSSR count). The Morgan fingerprint density at radius 2 is 2.30 bits per heavy atom. The predicted octanol–water partition coefficient (Wildman–Crippen LogP) is 0.901. The lowest BCUT2D eigenvalue weighted by molar-refractivity contribution is 0.115. The lowest BCUT2D eigenvalue weighted by Gasteiger charge is -2.01. The largest absolute Gasteiger partial charge is 0.450 e. The molecular formula is C6H12NO3. The molecule has 1 amide bonds. The van der Waals surface area contributed by atoms with Crippen LogP contribution in [0.2, 0.25) is 0 Å². The minimum atomic E-state index is -0.622. The van der Waals surface area contributed by atoms with E-state index >= 15 is 0 Å². The fraction of sp³-hybridized carbons (Fsp3) is 0.833. The molecule has 10 heavy (non-hydrogen) atoms. The molecule has 59 valence electrons. The van der Waals surface area contributed by atoms with E-state index in [0.29, 0.717) is 6.61 Å². The molecule has 0 saturated heterocycles. The highest BCUT2D eigenvalue weighted by molar-refractivity contribution is 5.66. The number of carbonyl (C=O) groups is 1. The number of hydrogen-bond acceptors (Lipinski definition) is 2. The minimum absolute atomic E-state index is 0.391. The summed E-state index contributed by atoms with van der Waals surface area (Å²) in [5, 5.41) is 11.7. The molecule has 0 bridgehead atoms. The third-order valence-corrected chi connectivity index (χ3v) is 0.948. The summed E-state index contributed by atoms with van der Waals surface area (Å²) >= 11 is 0. The maximum atomic E-state index is 10.4. The summed E-state index contributed by atoms with van der Waals surface area (Å²) in [6.07, 6.45) is 1.19. The van der Waals surface area contributed by atoms with E-state index in [1.165, 1.54) is 0 Å². The van der Waals surface area contributed by atoms with Gasteiger partial charge >= 0.3 is 6.09 Å². The van der Waals surface area contributed by atoms with Gasteiger partial charge in [-0.25, -0.2) is 9.90 Å². The van der Waals surface area contributed by atoms with E-state index in [2.05, 4.69) is 4.74 Å². The van der Waals surface area contributed by atoms with Crippen LogP contribution >= 0.6 is 0 Å². The minimum Gasteiger partial charge on any atom is -0.450 e. The molecule has 0 spiro atoms. The summed E-state index contributed by atoms with van der Waals surface area (Å²) in [5.41, 5.74) is 0. The highest BCUT2D eigenvalue weighted by Gasteiger charge is 1.97. The Labute approximate surface area is 60.2 Å². The number of hydrogen-bond donors (Lipinski definition) is 1. The molecule has 4 heteroatoms. The molecule has 0 aliphatic rings. The van der Waals surface area contributed by atoms with Gasteiger partial charge < -0.3 is 4.74 Å². The second kappa shape index (κ2) is 6.35. The van der Waals surface area contributed by atoms with Crippen LogP contribution in [0.1, 0.15) is 19.8 Å². The van der Waals surface area contributed by atoms with Gasteiger partial charge in [-0.2, -0.15) is 0 Å². The van der Waals surface area contributed by atoms with Gasteiger partial charge in [0.15, 0.2) is 6.73 Å². The fourth-order valence-electron chi connectivity index (χ4n) is 0.419. The van der Waals surface area contributed by atoms with Gasteiger partial charge in [0.1, 0.15) is 0 Å². The van der Waals surface area contributed by atoms with Gasteiger partial charge in [0, 0.05) is 0 Å². The van der Waals surface area contributed by atoms with Crippen LogP contribution in [0, 0.1) is 0 Å². The number of unbranched alkanes of at least 4 members (excludes halogenated alkanes) is 1. The number of alkyl carbamates (subject to hydrolysis) is 1. The van der Waals surface area contributed by atoms with Crippen molar-refractivity contribution in [3.63, 3.8) is 0 Å². The van der Waals surface area contributed by atoms with Gasteiger partial charge in [0.25, 0.3) is 0 Å². The van der Waals surface area contributed by atoms with Crippen molar-refractivity contribution in [2.24, 2.45) is 0 Å². The molecule has 0 aromatic rings. The Kier molecular flexibility index (Phi) is 5.86. The smallest absolute Gasteiger partial charge is 0.409 e. The standard InChI is InChI=1S/C6H12NO3/c1-2-3-4-10-6(9)7-5-8/h2-5H2,1H3,(H,7,9). The molecule has 1 radical (unpaired) electrons. The van der Waals surface area contributed by atoms with Gasteiger partial charge in [0.05, 0.1) is 6.61 Å². The first-order valence-corrected chi connectivity index (χ1v) is 3.30. The molecule has 0 atom stereocenters. The van der Waals surface area contributed by atoms with Gasteiger partial charge in [-0.15, -0.1) is 0 Å². The Morgan fingerprint density at radius 1 is 1.60 bits per heavy atom. The predicted molar refractivity (Wildman–Crippen MR) is 34.9 cm³/mol. The summed E-state index contributed by atoms with van der Waals surface area (Å²) in [5.74, 6) is 0. The molecule has 0 aromatic heterocycles. The first-order valence-electron chi connectivity index (χ1n) is 3.30. The van der Waals surface area contributed by atoms with Crippen LogP contribution in [0.25, 0.3) is 0 Å². The van der Waals surface area contributed by atoms with Crippen LogP contribution in [-0.2, 0) is 9.84 Å². The van der Waals surface area contributed by atoms with Crippen molar-refractivity contribution in [2.45, 2.75) is 19.8 Å². The summed E-state index contributed by atoms with van der Waals surface area (Å²) in [4.78, 5) is 10.4. The van der Waals surface area contributed by atoms with Crippen molar-refractivity contribution in [3.05, 3.63) is 0 Å². The number of rotatable bonds is 4. The number of carbonyl (C=O) groups excluding carboxylic acids is 1. The third-order valence-electron chi connectivity index (χ3n) is 0.948. The molecule has 0 saturated carbocycles. The number of ether oxygens (including phenoxy) is 1. The summed E-state index contributed by atoms with van der Waals surface area (Å²) in [7, 11) is 0. The second-order valence-electron chi connectivity index (χ2n) is 1.81. The third kappa shape index (κ3) is 5.37. The Balaban J connectivity index is 3.05. The summed E-state index contributed by atoms with van der Waals surface area (Å²) in [6.45, 7) is 1.77. The van der Waals surface area contributed by atoms with Crippen molar-refractivity contribution in [3.8, 4) is 0 Å². The molecule has 0 heterocycles. The summed E-state index contributed by atoms with van der Waals surface area (Å²) in [6, 6.07) is 0. The Bertz CT molecular complexity index is 95.0. The molecule has 0 unspecified atom stereocenters. The average Bonchev–Trinajstić information content (AvgIpc) is 1.89. The molecule has 4 nitrogen and oxygen atoms in total. The average molecular weight is 146 g/mol. The van der Waals surface area contributed by atoms with Crippen molar-refractivity contribution < 1.29 is 14.6 Å². The van der Waals surface area contributed by atoms with E-state index in [0.717, 1.165) is 12.8 Å². The van der Waals surface area contributed by atoms with Gasteiger partial charge in [-0.1, -0.05) is 13.3 Å². The molecule has 1 N–H and O–H groups in total. The maximum absolute atomic E-state index is 10.4. The lowest BCUT2D eigenvalue weighted by Crippen LogP contribution is -2.24. The van der Waals surface area contributed by atoms with Crippen molar-refractivity contribution in [1.29, 1.82) is 0 Å². The number of nitrogens with one attached hydrogen (secondary N) is 1. The van der Waals surface area contributed by atoms with E-state index in [1.807, 2.05) is 12.2 Å². The summed E-state index contributed by atoms with van der Waals surface area (Å²) < 4.78 is 4.57. The topological polar surface area (TPSA) is 58.2 Å². The SMILES string of the molecule is CCCCOC(=O)NC[O]. The van der Waals surface area contributed by atoms with Crippen LogP contribution < -0.4 is 5.32 Å². The van der Waals surface area contributed by atoms with E-state index in [1.54, 1.807) is 0 Å². The van der Waals surface area contributed by atoms with Crippen LogP contribution in [0.5, 0.6) is 0 Å².